The van der Waals surface area contributed by atoms with Crippen LogP contribution in [0.15, 0.2) is 41.3 Å². The van der Waals surface area contributed by atoms with E-state index in [-0.39, 0.29) is 25.8 Å². The summed E-state index contributed by atoms with van der Waals surface area (Å²) in [5, 5.41) is 0. The predicted molar refractivity (Wildman–Crippen MR) is 90.4 cm³/mol. The summed E-state index contributed by atoms with van der Waals surface area (Å²) in [6, 6.07) is 8.69. The highest BCUT2D eigenvalue weighted by atomic mass is 127. The molecule has 0 bridgehead atoms. The van der Waals surface area contributed by atoms with E-state index >= 15 is 0 Å². The molecule has 1 aromatic heterocycles. The van der Waals surface area contributed by atoms with Crippen LogP contribution in [0.1, 0.15) is 10.4 Å². The van der Waals surface area contributed by atoms with Crippen LogP contribution in [0.3, 0.4) is 0 Å². The minimum absolute atomic E-state index is 0.0225. The topological polar surface area (TPSA) is 79.7 Å². The zero-order valence-corrected chi connectivity index (χ0v) is 14.6. The molecule has 0 saturated heterocycles. The number of carbonyl (C=O) groups excluding carboxylic acids is 1. The van der Waals surface area contributed by atoms with E-state index in [2.05, 4.69) is 4.98 Å². The van der Waals surface area contributed by atoms with Crippen molar-refractivity contribution < 1.29 is 19.0 Å². The number of hydrogen-bond donors (Lipinski definition) is 0. The Balaban J connectivity index is 1.77. The standard InChI is InChI=1S/C15H15IN2O5/c1-21-13-12(16)9-18(15(20)17-13)10-22-7-8-23-14(19)11-5-3-2-4-6-11/h2-6,9H,7-8,10H2,1H3. The molecule has 0 spiro atoms. The number of carbonyl (C=O) groups is 1. The van der Waals surface area contributed by atoms with Gasteiger partial charge in [0.25, 0.3) is 0 Å². The van der Waals surface area contributed by atoms with Crippen molar-refractivity contribution in [2.45, 2.75) is 6.73 Å². The summed E-state index contributed by atoms with van der Waals surface area (Å²) >= 11 is 2.01. The van der Waals surface area contributed by atoms with Crippen molar-refractivity contribution in [3.8, 4) is 5.88 Å². The number of halogens is 1. The van der Waals surface area contributed by atoms with Gasteiger partial charge in [-0.3, -0.25) is 4.57 Å². The quantitative estimate of drug-likeness (QED) is 0.378. The lowest BCUT2D eigenvalue weighted by Gasteiger charge is -2.09. The van der Waals surface area contributed by atoms with Crippen molar-refractivity contribution in [3.05, 3.63) is 56.1 Å². The zero-order chi connectivity index (χ0) is 16.7. The molecule has 0 aliphatic carbocycles. The van der Waals surface area contributed by atoms with Gasteiger partial charge >= 0.3 is 11.7 Å². The monoisotopic (exact) mass is 430 g/mol. The molecule has 2 aromatic rings. The van der Waals surface area contributed by atoms with E-state index in [9.17, 15) is 9.59 Å². The predicted octanol–water partition coefficient (Wildman–Crippen LogP) is 1.69. The number of aromatic nitrogens is 2. The third-order valence-electron chi connectivity index (χ3n) is 2.81. The maximum absolute atomic E-state index is 11.7. The van der Waals surface area contributed by atoms with Crippen LogP contribution in [0, 0.1) is 3.57 Å². The van der Waals surface area contributed by atoms with Crippen LogP contribution >= 0.6 is 22.6 Å². The van der Waals surface area contributed by atoms with Gasteiger partial charge in [-0.05, 0) is 34.7 Å². The van der Waals surface area contributed by atoms with Gasteiger partial charge in [0.15, 0.2) is 0 Å². The van der Waals surface area contributed by atoms with Gasteiger partial charge in [0.2, 0.25) is 5.88 Å². The molecule has 122 valence electrons. The van der Waals surface area contributed by atoms with Gasteiger partial charge in [-0.2, -0.15) is 4.98 Å². The molecule has 8 heteroatoms. The third kappa shape index (κ3) is 5.03. The summed E-state index contributed by atoms with van der Waals surface area (Å²) < 4.78 is 17.4. The number of ether oxygens (including phenoxy) is 3. The minimum atomic E-state index is -0.469. The van der Waals surface area contributed by atoms with Gasteiger partial charge in [0.05, 0.1) is 22.9 Å². The van der Waals surface area contributed by atoms with Crippen molar-refractivity contribution in [3.63, 3.8) is 0 Å². The molecule has 0 saturated carbocycles. The third-order valence-corrected chi connectivity index (χ3v) is 3.55. The zero-order valence-electron chi connectivity index (χ0n) is 12.4. The second-order valence-corrected chi connectivity index (χ2v) is 5.55. The fraction of sp³-hybridized carbons (Fsp3) is 0.267. The number of rotatable bonds is 7. The minimum Gasteiger partial charge on any atom is -0.480 e. The average molecular weight is 430 g/mol. The molecule has 0 aliphatic rings. The summed E-state index contributed by atoms with van der Waals surface area (Å²) in [5.41, 5.74) is 0.0150. The van der Waals surface area contributed by atoms with Crippen LogP contribution in [-0.4, -0.2) is 35.8 Å². The van der Waals surface area contributed by atoms with E-state index in [1.54, 1.807) is 30.5 Å². The van der Waals surface area contributed by atoms with E-state index in [1.165, 1.54) is 11.7 Å². The maximum atomic E-state index is 11.7. The van der Waals surface area contributed by atoms with Gasteiger partial charge in [-0.25, -0.2) is 9.59 Å². The Morgan fingerprint density at radius 2 is 2.00 bits per heavy atom. The first-order chi connectivity index (χ1) is 11.1. The Labute approximate surface area is 146 Å². The summed E-state index contributed by atoms with van der Waals surface area (Å²) in [6.07, 6.45) is 1.59. The van der Waals surface area contributed by atoms with Gasteiger partial charge < -0.3 is 14.2 Å². The molecule has 0 aliphatic heterocycles. The van der Waals surface area contributed by atoms with Crippen LogP contribution in [0.5, 0.6) is 5.88 Å². The van der Waals surface area contributed by atoms with E-state index in [0.29, 0.717) is 9.13 Å². The fourth-order valence-corrected chi connectivity index (χ4v) is 2.38. The van der Waals surface area contributed by atoms with E-state index in [4.69, 9.17) is 14.2 Å². The number of nitrogens with zero attached hydrogens (tertiary/aromatic N) is 2. The summed E-state index contributed by atoms with van der Waals surface area (Å²) in [5.74, 6) is -0.129. The first-order valence-corrected chi connectivity index (χ1v) is 7.80. The molecular formula is C15H15IN2O5. The number of esters is 1. The summed E-state index contributed by atoms with van der Waals surface area (Å²) in [7, 11) is 1.45. The molecule has 0 fully saturated rings. The van der Waals surface area contributed by atoms with Crippen LogP contribution in [0.25, 0.3) is 0 Å². The molecule has 0 N–H and O–H groups in total. The van der Waals surface area contributed by atoms with Gasteiger partial charge in [0.1, 0.15) is 13.3 Å². The molecule has 23 heavy (non-hydrogen) atoms. The largest absolute Gasteiger partial charge is 0.480 e. The Kier molecular flexibility index (Phi) is 6.53. The number of benzene rings is 1. The molecule has 1 heterocycles. The van der Waals surface area contributed by atoms with Crippen LogP contribution in [0.4, 0.5) is 0 Å². The second kappa shape index (κ2) is 8.63. The fourth-order valence-electron chi connectivity index (χ4n) is 1.70. The van der Waals surface area contributed by atoms with E-state index < -0.39 is 11.7 Å². The molecule has 7 nitrogen and oxygen atoms in total. The Bertz CT molecular complexity index is 718. The first kappa shape index (κ1) is 17.4. The smallest absolute Gasteiger partial charge is 0.352 e. The lowest BCUT2D eigenvalue weighted by atomic mass is 10.2. The van der Waals surface area contributed by atoms with Crippen LogP contribution in [-0.2, 0) is 16.2 Å². The van der Waals surface area contributed by atoms with E-state index in [1.807, 2.05) is 28.7 Å². The maximum Gasteiger partial charge on any atom is 0.352 e. The molecule has 2 rings (SSSR count). The van der Waals surface area contributed by atoms with Crippen molar-refractivity contribution in [1.29, 1.82) is 0 Å². The molecule has 0 amide bonds. The lowest BCUT2D eigenvalue weighted by Crippen LogP contribution is -2.25. The summed E-state index contributed by atoms with van der Waals surface area (Å²) in [6.45, 7) is 0.297. The van der Waals surface area contributed by atoms with Crippen LogP contribution < -0.4 is 10.4 Å². The highest BCUT2D eigenvalue weighted by Gasteiger charge is 2.07. The van der Waals surface area contributed by atoms with Gasteiger partial charge in [-0.1, -0.05) is 18.2 Å². The summed E-state index contributed by atoms with van der Waals surface area (Å²) in [4.78, 5) is 27.2. The molecule has 0 radical (unpaired) electrons. The molecule has 0 unspecified atom stereocenters. The van der Waals surface area contributed by atoms with Crippen LogP contribution in [0.2, 0.25) is 0 Å². The Morgan fingerprint density at radius 1 is 1.26 bits per heavy atom. The number of methoxy groups -OCH3 is 1. The number of hydrogen-bond acceptors (Lipinski definition) is 6. The molecular weight excluding hydrogens is 415 g/mol. The SMILES string of the molecule is COc1nc(=O)n(COCCOC(=O)c2ccccc2)cc1I. The van der Waals surface area contributed by atoms with Crippen molar-refractivity contribution in [2.24, 2.45) is 0 Å². The van der Waals surface area contributed by atoms with Crippen molar-refractivity contribution >= 4 is 28.6 Å². The normalized spacial score (nSPS) is 10.3. The molecule has 0 atom stereocenters. The Morgan fingerprint density at radius 3 is 2.70 bits per heavy atom. The second-order valence-electron chi connectivity index (χ2n) is 4.39. The van der Waals surface area contributed by atoms with Crippen molar-refractivity contribution in [2.75, 3.05) is 20.3 Å². The lowest BCUT2D eigenvalue weighted by molar-refractivity contribution is 0.0161. The highest BCUT2D eigenvalue weighted by molar-refractivity contribution is 14.1. The Hall–Kier alpha value is -1.94. The van der Waals surface area contributed by atoms with E-state index in [0.717, 1.165) is 0 Å². The molecule has 1 aromatic carbocycles. The highest BCUT2D eigenvalue weighted by Crippen LogP contribution is 2.13. The first-order valence-electron chi connectivity index (χ1n) is 6.72. The van der Waals surface area contributed by atoms with Crippen molar-refractivity contribution in [1.82, 2.24) is 9.55 Å². The van der Waals surface area contributed by atoms with Gasteiger partial charge in [0, 0.05) is 6.20 Å². The van der Waals surface area contributed by atoms with Gasteiger partial charge in [-0.15, -0.1) is 0 Å². The average Bonchev–Trinajstić information content (AvgIpc) is 2.57.